The highest BCUT2D eigenvalue weighted by Crippen LogP contribution is 2.33. The second-order valence-corrected chi connectivity index (χ2v) is 7.64. The van der Waals surface area contributed by atoms with Crippen molar-refractivity contribution in [2.45, 2.75) is 103 Å². The van der Waals surface area contributed by atoms with Crippen LogP contribution in [0.25, 0.3) is 0 Å². The van der Waals surface area contributed by atoms with Crippen molar-refractivity contribution in [3.8, 4) is 0 Å². The van der Waals surface area contributed by atoms with E-state index in [0.29, 0.717) is 6.10 Å². The molecule has 2 fully saturated rings. The van der Waals surface area contributed by atoms with Gasteiger partial charge >= 0.3 is 5.97 Å². The molecule has 23 heavy (non-hydrogen) atoms. The number of hydrogen-bond acceptors (Lipinski definition) is 3. The summed E-state index contributed by atoms with van der Waals surface area (Å²) in [6.07, 6.45) is 15.8. The Hall–Kier alpha value is -0.570. The first-order chi connectivity index (χ1) is 11.2. The van der Waals surface area contributed by atoms with Crippen molar-refractivity contribution in [1.29, 1.82) is 0 Å². The van der Waals surface area contributed by atoms with Crippen LogP contribution in [-0.4, -0.2) is 25.3 Å². The van der Waals surface area contributed by atoms with Crippen molar-refractivity contribution < 1.29 is 14.3 Å². The van der Waals surface area contributed by atoms with E-state index in [9.17, 15) is 4.79 Å². The van der Waals surface area contributed by atoms with E-state index in [4.69, 9.17) is 9.47 Å². The van der Waals surface area contributed by atoms with Gasteiger partial charge in [0.2, 0.25) is 0 Å². The van der Waals surface area contributed by atoms with Crippen molar-refractivity contribution in [2.24, 2.45) is 11.8 Å². The van der Waals surface area contributed by atoms with E-state index in [1.54, 1.807) is 7.11 Å². The van der Waals surface area contributed by atoms with Gasteiger partial charge in [-0.25, -0.2) is 0 Å². The Kier molecular flexibility index (Phi) is 8.43. The number of carbonyl (C=O) groups is 1. The number of hydrogen-bond donors (Lipinski definition) is 0. The zero-order valence-electron chi connectivity index (χ0n) is 15.2. The van der Waals surface area contributed by atoms with Crippen LogP contribution < -0.4 is 0 Å². The summed E-state index contributed by atoms with van der Waals surface area (Å²) in [4.78, 5) is 12.4. The third kappa shape index (κ3) is 6.45. The lowest BCUT2D eigenvalue weighted by molar-refractivity contribution is -0.158. The average Bonchev–Trinajstić information content (AvgIpc) is 2.60. The fourth-order valence-electron chi connectivity index (χ4n) is 4.19. The molecule has 2 rings (SSSR count). The van der Waals surface area contributed by atoms with Gasteiger partial charge in [-0.3, -0.25) is 4.79 Å². The number of carbonyl (C=O) groups excluding carboxylic acids is 1. The van der Waals surface area contributed by atoms with Crippen LogP contribution in [0.5, 0.6) is 0 Å². The molecule has 134 valence electrons. The Balaban J connectivity index is 1.60. The average molecular weight is 325 g/mol. The molecule has 0 heterocycles. The van der Waals surface area contributed by atoms with Crippen molar-refractivity contribution in [2.75, 3.05) is 7.11 Å². The van der Waals surface area contributed by atoms with Crippen molar-refractivity contribution >= 4 is 5.97 Å². The quantitative estimate of drug-likeness (QED) is 0.451. The van der Waals surface area contributed by atoms with Gasteiger partial charge in [0.25, 0.3) is 0 Å². The molecular weight excluding hydrogens is 288 g/mol. The maximum Gasteiger partial charge on any atom is 0.309 e. The first-order valence-corrected chi connectivity index (χ1v) is 9.96. The van der Waals surface area contributed by atoms with Crippen LogP contribution in [-0.2, 0) is 14.3 Å². The lowest BCUT2D eigenvalue weighted by Gasteiger charge is -2.31. The van der Waals surface area contributed by atoms with E-state index in [1.807, 2.05) is 0 Å². The molecule has 0 aromatic heterocycles. The molecule has 0 aromatic rings. The van der Waals surface area contributed by atoms with Gasteiger partial charge in [-0.1, -0.05) is 39.0 Å². The number of ether oxygens (including phenoxy) is 2. The van der Waals surface area contributed by atoms with E-state index in [-0.39, 0.29) is 18.0 Å². The molecule has 0 atom stereocenters. The summed E-state index contributed by atoms with van der Waals surface area (Å²) in [6, 6.07) is 0. The van der Waals surface area contributed by atoms with Crippen LogP contribution in [0.1, 0.15) is 90.4 Å². The summed E-state index contributed by atoms with van der Waals surface area (Å²) in [5, 5.41) is 0. The molecule has 0 N–H and O–H groups in total. The minimum Gasteiger partial charge on any atom is -0.462 e. The second kappa shape index (κ2) is 10.3. The third-order valence-corrected chi connectivity index (χ3v) is 5.88. The number of esters is 1. The Labute approximate surface area is 142 Å². The Bertz CT molecular complexity index is 326. The first-order valence-electron chi connectivity index (χ1n) is 9.96. The van der Waals surface area contributed by atoms with Crippen molar-refractivity contribution in [1.82, 2.24) is 0 Å². The molecule has 0 radical (unpaired) electrons. The molecule has 0 amide bonds. The Morgan fingerprint density at radius 1 is 0.870 bits per heavy atom. The predicted molar refractivity (Wildman–Crippen MR) is 93.4 cm³/mol. The lowest BCUT2D eigenvalue weighted by atomic mass is 9.79. The monoisotopic (exact) mass is 324 g/mol. The first kappa shape index (κ1) is 18.8. The highest BCUT2D eigenvalue weighted by atomic mass is 16.5. The van der Waals surface area contributed by atoms with Gasteiger partial charge in [0.1, 0.15) is 6.10 Å². The molecule has 2 aliphatic rings. The fourth-order valence-corrected chi connectivity index (χ4v) is 4.19. The highest BCUT2D eigenvalue weighted by Gasteiger charge is 2.30. The SMILES string of the molecule is CCCCCCC1CCC(C(=O)OC2CCC(OC)CC2)CC1. The molecule has 3 nitrogen and oxygen atoms in total. The minimum absolute atomic E-state index is 0.0790. The summed E-state index contributed by atoms with van der Waals surface area (Å²) >= 11 is 0. The van der Waals surface area contributed by atoms with Crippen LogP contribution in [0.2, 0.25) is 0 Å². The molecule has 0 unspecified atom stereocenters. The van der Waals surface area contributed by atoms with E-state index >= 15 is 0 Å². The highest BCUT2D eigenvalue weighted by molar-refractivity contribution is 5.72. The predicted octanol–water partition coefficient (Wildman–Crippen LogP) is 5.26. The zero-order valence-corrected chi connectivity index (χ0v) is 15.2. The summed E-state index contributed by atoms with van der Waals surface area (Å²) in [5.41, 5.74) is 0. The molecule has 3 heteroatoms. The fraction of sp³-hybridized carbons (Fsp3) is 0.950. The van der Waals surface area contributed by atoms with Crippen molar-refractivity contribution in [3.63, 3.8) is 0 Å². The van der Waals surface area contributed by atoms with Gasteiger partial charge < -0.3 is 9.47 Å². The molecule has 2 saturated carbocycles. The Morgan fingerprint density at radius 3 is 2.13 bits per heavy atom. The van der Waals surface area contributed by atoms with Gasteiger partial charge in [-0.2, -0.15) is 0 Å². The van der Waals surface area contributed by atoms with Gasteiger partial charge in [0.05, 0.1) is 12.0 Å². The van der Waals surface area contributed by atoms with Gasteiger partial charge in [0, 0.05) is 7.11 Å². The second-order valence-electron chi connectivity index (χ2n) is 7.64. The Morgan fingerprint density at radius 2 is 1.52 bits per heavy atom. The van der Waals surface area contributed by atoms with E-state index < -0.39 is 0 Å². The van der Waals surface area contributed by atoms with Crippen LogP contribution in [0, 0.1) is 11.8 Å². The summed E-state index contributed by atoms with van der Waals surface area (Å²) in [7, 11) is 1.78. The standard InChI is InChI=1S/C20H36O3/c1-3-4-5-6-7-16-8-10-17(11-9-16)20(21)23-19-14-12-18(22-2)13-15-19/h16-19H,3-15H2,1-2H3. The molecule has 2 aliphatic carbocycles. The van der Waals surface area contributed by atoms with Gasteiger partial charge in [-0.05, 0) is 57.3 Å². The van der Waals surface area contributed by atoms with E-state index in [0.717, 1.165) is 44.4 Å². The summed E-state index contributed by atoms with van der Waals surface area (Å²) < 4.78 is 11.2. The normalized spacial score (nSPS) is 31.7. The van der Waals surface area contributed by atoms with Crippen LogP contribution >= 0.6 is 0 Å². The number of methoxy groups -OCH3 is 1. The third-order valence-electron chi connectivity index (χ3n) is 5.88. The molecule has 0 bridgehead atoms. The maximum atomic E-state index is 12.4. The van der Waals surface area contributed by atoms with Crippen LogP contribution in [0.4, 0.5) is 0 Å². The molecular formula is C20H36O3. The van der Waals surface area contributed by atoms with Crippen LogP contribution in [0.15, 0.2) is 0 Å². The summed E-state index contributed by atoms with van der Waals surface area (Å²) in [6.45, 7) is 2.26. The largest absolute Gasteiger partial charge is 0.462 e. The zero-order chi connectivity index (χ0) is 16.5. The van der Waals surface area contributed by atoms with Gasteiger partial charge in [0.15, 0.2) is 0 Å². The number of unbranched alkanes of at least 4 members (excludes halogenated alkanes) is 3. The van der Waals surface area contributed by atoms with Gasteiger partial charge in [-0.15, -0.1) is 0 Å². The molecule has 0 aromatic carbocycles. The van der Waals surface area contributed by atoms with E-state index in [1.165, 1.54) is 44.9 Å². The van der Waals surface area contributed by atoms with Crippen LogP contribution in [0.3, 0.4) is 0 Å². The summed E-state index contributed by atoms with van der Waals surface area (Å²) in [5.74, 6) is 1.10. The number of rotatable bonds is 8. The van der Waals surface area contributed by atoms with E-state index in [2.05, 4.69) is 6.92 Å². The smallest absolute Gasteiger partial charge is 0.309 e. The van der Waals surface area contributed by atoms with Crippen molar-refractivity contribution in [3.05, 3.63) is 0 Å². The topological polar surface area (TPSA) is 35.5 Å². The molecule has 0 aliphatic heterocycles. The lowest BCUT2D eigenvalue weighted by Crippen LogP contribution is -2.31. The molecule has 0 saturated heterocycles. The minimum atomic E-state index is 0.0790. The maximum absolute atomic E-state index is 12.4. The molecule has 0 spiro atoms.